The standard InChI is InChI=1S/C16H18N2O4S2/c19-13(18-16(9-14(20)21)3-5-22-6-4-16)8-11-10-24-15(17-11)12-2-1-7-23-12/h1-2,7,10H,3-6,8-9H2,(H,18,19)(H,20,21). The van der Waals surface area contributed by atoms with Gasteiger partial charge in [0.2, 0.25) is 5.91 Å². The summed E-state index contributed by atoms with van der Waals surface area (Å²) in [5.74, 6) is -1.10. The number of aromatic nitrogens is 1. The monoisotopic (exact) mass is 366 g/mol. The summed E-state index contributed by atoms with van der Waals surface area (Å²) in [6.07, 6.45) is 1.11. The van der Waals surface area contributed by atoms with Crippen LogP contribution in [0.5, 0.6) is 0 Å². The van der Waals surface area contributed by atoms with Gasteiger partial charge in [0.05, 0.1) is 29.0 Å². The van der Waals surface area contributed by atoms with Crippen LogP contribution in [0, 0.1) is 0 Å². The first-order valence-electron chi connectivity index (χ1n) is 7.65. The molecule has 0 spiro atoms. The molecule has 8 heteroatoms. The number of thiophene rings is 1. The molecule has 1 amide bonds. The Labute approximate surface area is 147 Å². The minimum absolute atomic E-state index is 0.0837. The predicted octanol–water partition coefficient (Wildman–Crippen LogP) is 2.55. The third-order valence-corrected chi connectivity index (χ3v) is 5.90. The fourth-order valence-electron chi connectivity index (χ4n) is 2.80. The molecule has 1 fully saturated rings. The molecule has 0 aliphatic carbocycles. The number of carboxylic acid groups (broad SMARTS) is 1. The highest BCUT2D eigenvalue weighted by molar-refractivity contribution is 7.20. The summed E-state index contributed by atoms with van der Waals surface area (Å²) >= 11 is 3.12. The molecule has 2 N–H and O–H groups in total. The number of nitrogens with one attached hydrogen (secondary N) is 1. The average molecular weight is 366 g/mol. The molecule has 128 valence electrons. The molecule has 3 heterocycles. The van der Waals surface area contributed by atoms with Crippen LogP contribution in [0.15, 0.2) is 22.9 Å². The van der Waals surface area contributed by atoms with Crippen LogP contribution >= 0.6 is 22.7 Å². The van der Waals surface area contributed by atoms with E-state index in [-0.39, 0.29) is 18.7 Å². The van der Waals surface area contributed by atoms with Crippen molar-refractivity contribution >= 4 is 34.6 Å². The highest BCUT2D eigenvalue weighted by Gasteiger charge is 2.36. The van der Waals surface area contributed by atoms with E-state index in [4.69, 9.17) is 9.84 Å². The summed E-state index contributed by atoms with van der Waals surface area (Å²) < 4.78 is 5.30. The molecular weight excluding hydrogens is 348 g/mol. The minimum Gasteiger partial charge on any atom is -0.481 e. The number of ether oxygens (including phenoxy) is 1. The van der Waals surface area contributed by atoms with E-state index in [1.807, 2.05) is 22.9 Å². The first kappa shape index (κ1) is 17.1. The van der Waals surface area contributed by atoms with Gasteiger partial charge in [0, 0.05) is 18.6 Å². The Morgan fingerprint density at radius 1 is 1.33 bits per heavy atom. The second kappa shape index (κ2) is 7.42. The Hall–Kier alpha value is -1.77. The second-order valence-corrected chi connectivity index (χ2v) is 7.62. The molecule has 6 nitrogen and oxygen atoms in total. The Kier molecular flexibility index (Phi) is 5.27. The summed E-state index contributed by atoms with van der Waals surface area (Å²) in [4.78, 5) is 29.1. The van der Waals surface area contributed by atoms with E-state index in [1.54, 1.807) is 11.3 Å². The van der Waals surface area contributed by atoms with Crippen molar-refractivity contribution < 1.29 is 19.4 Å². The second-order valence-electron chi connectivity index (χ2n) is 5.81. The van der Waals surface area contributed by atoms with Gasteiger partial charge in [-0.15, -0.1) is 22.7 Å². The lowest BCUT2D eigenvalue weighted by molar-refractivity contribution is -0.140. The van der Waals surface area contributed by atoms with Crippen LogP contribution in [-0.4, -0.2) is 40.7 Å². The Morgan fingerprint density at radius 2 is 2.12 bits per heavy atom. The third-order valence-electron chi connectivity index (χ3n) is 3.97. The molecular formula is C16H18N2O4S2. The lowest BCUT2D eigenvalue weighted by Gasteiger charge is -2.36. The summed E-state index contributed by atoms with van der Waals surface area (Å²) in [6.45, 7) is 0.930. The number of hydrogen-bond acceptors (Lipinski definition) is 6. The Balaban J connectivity index is 1.64. The lowest BCUT2D eigenvalue weighted by atomic mass is 9.86. The highest BCUT2D eigenvalue weighted by atomic mass is 32.1. The SMILES string of the molecule is O=C(O)CC1(NC(=O)Cc2csc(-c3cccs3)n2)CCOCC1. The lowest BCUT2D eigenvalue weighted by Crippen LogP contribution is -2.53. The number of carbonyl (C=O) groups is 2. The van der Waals surface area contributed by atoms with Crippen LogP contribution in [0.1, 0.15) is 25.0 Å². The smallest absolute Gasteiger partial charge is 0.305 e. The molecule has 0 aromatic carbocycles. The minimum atomic E-state index is -0.911. The largest absolute Gasteiger partial charge is 0.481 e. The predicted molar refractivity (Wildman–Crippen MR) is 92.3 cm³/mol. The van der Waals surface area contributed by atoms with Crippen molar-refractivity contribution in [2.45, 2.75) is 31.2 Å². The van der Waals surface area contributed by atoms with Crippen molar-refractivity contribution in [2.75, 3.05) is 13.2 Å². The van der Waals surface area contributed by atoms with E-state index in [0.717, 1.165) is 9.88 Å². The van der Waals surface area contributed by atoms with Crippen molar-refractivity contribution in [1.82, 2.24) is 10.3 Å². The molecule has 1 saturated heterocycles. The molecule has 0 radical (unpaired) electrons. The van der Waals surface area contributed by atoms with Crippen LogP contribution in [0.2, 0.25) is 0 Å². The molecule has 1 aliphatic heterocycles. The maximum Gasteiger partial charge on any atom is 0.305 e. The van der Waals surface area contributed by atoms with Crippen LogP contribution in [0.4, 0.5) is 0 Å². The average Bonchev–Trinajstić information content (AvgIpc) is 3.17. The maximum atomic E-state index is 12.4. The van der Waals surface area contributed by atoms with Gasteiger partial charge in [0.25, 0.3) is 0 Å². The van der Waals surface area contributed by atoms with Crippen molar-refractivity contribution in [3.63, 3.8) is 0 Å². The van der Waals surface area contributed by atoms with E-state index < -0.39 is 11.5 Å². The summed E-state index contributed by atoms with van der Waals surface area (Å²) in [7, 11) is 0. The van der Waals surface area contributed by atoms with Crippen LogP contribution in [0.25, 0.3) is 9.88 Å². The number of carboxylic acids is 1. The van der Waals surface area contributed by atoms with E-state index in [0.29, 0.717) is 31.7 Å². The van der Waals surface area contributed by atoms with E-state index >= 15 is 0 Å². The number of thiazole rings is 1. The number of aliphatic carboxylic acids is 1. The van der Waals surface area contributed by atoms with Gasteiger partial charge in [-0.2, -0.15) is 0 Å². The first-order valence-corrected chi connectivity index (χ1v) is 9.41. The molecule has 0 bridgehead atoms. The van der Waals surface area contributed by atoms with Crippen LogP contribution in [0.3, 0.4) is 0 Å². The zero-order valence-electron chi connectivity index (χ0n) is 13.0. The summed E-state index contributed by atoms with van der Waals surface area (Å²) in [5.41, 5.74) is -0.00763. The van der Waals surface area contributed by atoms with Gasteiger partial charge in [-0.1, -0.05) is 6.07 Å². The molecule has 3 rings (SSSR count). The summed E-state index contributed by atoms with van der Waals surface area (Å²) in [5, 5.41) is 16.8. The first-order chi connectivity index (χ1) is 11.6. The van der Waals surface area contributed by atoms with Crippen LogP contribution in [-0.2, 0) is 20.7 Å². The molecule has 0 saturated carbocycles. The fraction of sp³-hybridized carbons (Fsp3) is 0.438. The van der Waals surface area contributed by atoms with Gasteiger partial charge in [0.1, 0.15) is 5.01 Å². The number of amides is 1. The van der Waals surface area contributed by atoms with Gasteiger partial charge < -0.3 is 15.2 Å². The van der Waals surface area contributed by atoms with Gasteiger partial charge in [-0.25, -0.2) is 4.98 Å². The number of rotatable bonds is 6. The normalized spacial score (nSPS) is 16.7. The molecule has 1 aliphatic rings. The number of hydrogen-bond donors (Lipinski definition) is 2. The molecule has 24 heavy (non-hydrogen) atoms. The quantitative estimate of drug-likeness (QED) is 0.820. The van der Waals surface area contributed by atoms with Gasteiger partial charge in [-0.3, -0.25) is 9.59 Å². The Morgan fingerprint density at radius 3 is 2.79 bits per heavy atom. The Bertz CT molecular complexity index is 705. The number of carbonyl (C=O) groups excluding carboxylic acids is 1. The topological polar surface area (TPSA) is 88.5 Å². The third kappa shape index (κ3) is 4.19. The van der Waals surface area contributed by atoms with Gasteiger partial charge in [0.15, 0.2) is 0 Å². The molecule has 0 atom stereocenters. The molecule has 0 unspecified atom stereocenters. The van der Waals surface area contributed by atoms with Crippen molar-refractivity contribution in [3.05, 3.63) is 28.6 Å². The zero-order valence-corrected chi connectivity index (χ0v) is 14.6. The van der Waals surface area contributed by atoms with E-state index in [2.05, 4.69) is 10.3 Å². The van der Waals surface area contributed by atoms with Gasteiger partial charge in [-0.05, 0) is 24.3 Å². The molecule has 2 aromatic heterocycles. The fourth-order valence-corrected chi connectivity index (χ4v) is 4.44. The zero-order chi connectivity index (χ0) is 17.0. The van der Waals surface area contributed by atoms with Crippen molar-refractivity contribution in [1.29, 1.82) is 0 Å². The molecule has 2 aromatic rings. The van der Waals surface area contributed by atoms with Crippen molar-refractivity contribution in [3.8, 4) is 9.88 Å². The van der Waals surface area contributed by atoms with Crippen molar-refractivity contribution in [2.24, 2.45) is 0 Å². The van der Waals surface area contributed by atoms with Crippen LogP contribution < -0.4 is 5.32 Å². The maximum absolute atomic E-state index is 12.4. The van der Waals surface area contributed by atoms with E-state index in [1.165, 1.54) is 11.3 Å². The number of nitrogens with zero attached hydrogens (tertiary/aromatic N) is 1. The highest BCUT2D eigenvalue weighted by Crippen LogP contribution is 2.28. The van der Waals surface area contributed by atoms with Gasteiger partial charge >= 0.3 is 5.97 Å². The summed E-state index contributed by atoms with van der Waals surface area (Å²) in [6, 6.07) is 3.96. The van der Waals surface area contributed by atoms with E-state index in [9.17, 15) is 9.59 Å².